The van der Waals surface area contributed by atoms with Gasteiger partial charge in [0.2, 0.25) is 20.0 Å². The van der Waals surface area contributed by atoms with Gasteiger partial charge >= 0.3 is 7.12 Å². The van der Waals surface area contributed by atoms with Crippen LogP contribution in [0.2, 0.25) is 0 Å². The topological polar surface area (TPSA) is 208 Å². The van der Waals surface area contributed by atoms with E-state index in [9.17, 15) is 16.8 Å². The maximum Gasteiger partial charge on any atom is 0.495 e. The second-order valence-electron chi connectivity index (χ2n) is 22.6. The molecule has 2 N–H and O–H groups in total. The number of nitrogens with zero attached hydrogens (tertiary/aromatic N) is 10. The second kappa shape index (κ2) is 25.0. The summed E-state index contributed by atoms with van der Waals surface area (Å²) in [7, 11) is -6.56. The predicted octanol–water partition coefficient (Wildman–Crippen LogP) is 7.84. The summed E-state index contributed by atoms with van der Waals surface area (Å²) >= 11 is 7.21. The molecule has 83 heavy (non-hydrogen) atoms. The molecule has 0 atom stereocenters. The number of sulfonamides is 2. The van der Waals surface area contributed by atoms with Gasteiger partial charge in [-0.05, 0) is 98.3 Å². The van der Waals surface area contributed by atoms with Crippen molar-refractivity contribution >= 4 is 125 Å². The molecule has 26 heteroatoms. The number of aromatic nitrogens is 6. The number of morpholine rings is 2. The van der Waals surface area contributed by atoms with Gasteiger partial charge in [0.15, 0.2) is 0 Å². The number of hydrogen-bond donors (Lipinski definition) is 2. The fraction of sp³-hybridized carbons (Fsp3) is 0.509. The van der Waals surface area contributed by atoms with E-state index in [1.807, 2.05) is 65.4 Å². The van der Waals surface area contributed by atoms with Crippen LogP contribution in [-0.2, 0) is 51.9 Å². The number of benzene rings is 2. The standard InChI is InChI=1S/C25H30N6O3S2.C18H25BrN4O3S2.C13H17BN2O2.CH4/c1-17-19-14-22(18-4-3-5-21-20(18)15-26-28-21)27-25(30-10-12-34-13-11-30)24(19)35-23(17)16-29-6-8-31(9-7-29)36(2,32)33;1-13-14-11-16(19)20-18(22-7-9-26-10-8-22)17(14)27-15(13)12-21-3-5-23(6-4-21)28(2,24)25;1-12(2)13(3,4)18-14(17-12)10-6-5-7-11-9(10)8-15-16-11;/h3-5,14-15H,6-13,16H2,1-2H3,(H,26,28);11H,3-10,12H2,1-2H3;5-8H,1-4H3,(H,15,16);1H4. The fourth-order valence-corrected chi connectivity index (χ4v) is 15.8. The van der Waals surface area contributed by atoms with E-state index >= 15 is 0 Å². The summed E-state index contributed by atoms with van der Waals surface area (Å²) in [5.74, 6) is 2.06. The number of ether oxygens (including phenoxy) is 2. The Hall–Kier alpha value is -4.68. The van der Waals surface area contributed by atoms with Gasteiger partial charge in [0.25, 0.3) is 0 Å². The van der Waals surface area contributed by atoms with Gasteiger partial charge in [-0.15, -0.1) is 22.7 Å². The molecule has 0 aliphatic carbocycles. The first-order chi connectivity index (χ1) is 39.1. The summed E-state index contributed by atoms with van der Waals surface area (Å²) in [5, 5.41) is 18.9. The molecule has 5 fully saturated rings. The van der Waals surface area contributed by atoms with Gasteiger partial charge in [0.1, 0.15) is 16.2 Å². The average molecular weight is 1280 g/mol. The Morgan fingerprint density at radius 1 is 0.602 bits per heavy atom. The minimum Gasteiger partial charge on any atom is -0.399 e. The lowest BCUT2D eigenvalue weighted by molar-refractivity contribution is 0.00578. The van der Waals surface area contributed by atoms with E-state index < -0.39 is 20.0 Å². The molecule has 8 aromatic rings. The Balaban J connectivity index is 0.000000146. The quantitative estimate of drug-likeness (QED) is 0.0988. The predicted molar refractivity (Wildman–Crippen MR) is 339 cm³/mol. The first-order valence-electron chi connectivity index (χ1n) is 27.8. The fourth-order valence-electron chi connectivity index (χ4n) is 11.1. The molecule has 2 aromatic carbocycles. The Bertz CT molecular complexity index is 3810. The number of halogens is 1. The molecule has 0 bridgehead atoms. The van der Waals surface area contributed by atoms with E-state index in [2.05, 4.69) is 116 Å². The van der Waals surface area contributed by atoms with Crippen LogP contribution in [0, 0.1) is 13.8 Å². The zero-order chi connectivity index (χ0) is 57.7. The molecule has 0 unspecified atom stereocenters. The Morgan fingerprint density at radius 3 is 1.54 bits per heavy atom. The Labute approximate surface area is 504 Å². The summed E-state index contributed by atoms with van der Waals surface area (Å²) in [6.07, 6.45) is 6.26. The number of rotatable bonds is 10. The normalized spacial score (nSPS) is 19.5. The molecule has 446 valence electrons. The summed E-state index contributed by atoms with van der Waals surface area (Å²) in [6, 6.07) is 16.5. The van der Waals surface area contributed by atoms with Crippen LogP contribution in [0.15, 0.2) is 65.5 Å². The molecule has 11 heterocycles. The molecular weight excluding hydrogens is 1200 g/mol. The molecule has 0 saturated carbocycles. The number of fused-ring (bicyclic) bond motifs is 4. The average Bonchev–Trinajstić information content (AvgIpc) is 3.21. The second-order valence-corrected chi connectivity index (χ2v) is 29.6. The number of H-pyrrole nitrogens is 2. The van der Waals surface area contributed by atoms with Crippen LogP contribution in [0.5, 0.6) is 0 Å². The van der Waals surface area contributed by atoms with Crippen molar-refractivity contribution in [3.05, 3.63) is 86.4 Å². The molecule has 13 rings (SSSR count). The van der Waals surface area contributed by atoms with Crippen LogP contribution >= 0.6 is 38.6 Å². The lowest BCUT2D eigenvalue weighted by Gasteiger charge is -2.33. The van der Waals surface area contributed by atoms with Gasteiger partial charge in [0, 0.05) is 128 Å². The van der Waals surface area contributed by atoms with Crippen LogP contribution in [0.1, 0.15) is 56.0 Å². The lowest BCUT2D eigenvalue weighted by Crippen LogP contribution is -2.47. The number of nitrogens with one attached hydrogen (secondary N) is 2. The zero-order valence-corrected chi connectivity index (χ0v) is 52.7. The third-order valence-corrected chi connectivity index (χ3v) is 22.3. The molecule has 0 amide bonds. The number of pyridine rings is 2. The molecule has 0 spiro atoms. The van der Waals surface area contributed by atoms with Crippen LogP contribution in [0.25, 0.3) is 53.2 Å². The summed E-state index contributed by atoms with van der Waals surface area (Å²) in [5.41, 5.74) is 6.99. The highest BCUT2D eigenvalue weighted by Crippen LogP contribution is 2.42. The van der Waals surface area contributed by atoms with Gasteiger partial charge in [-0.25, -0.2) is 26.8 Å². The first kappa shape index (κ1) is 61.4. The Kier molecular flexibility index (Phi) is 18.5. The van der Waals surface area contributed by atoms with E-state index in [4.69, 9.17) is 28.8 Å². The monoisotopic (exact) mass is 1270 g/mol. The summed E-state index contributed by atoms with van der Waals surface area (Å²) < 4.78 is 77.0. The number of hydrogen-bond acceptors (Lipinski definition) is 18. The molecule has 0 radical (unpaired) electrons. The lowest BCUT2D eigenvalue weighted by atomic mass is 9.77. The van der Waals surface area contributed by atoms with Crippen molar-refractivity contribution in [3.63, 3.8) is 0 Å². The van der Waals surface area contributed by atoms with E-state index in [0.717, 1.165) is 133 Å². The zero-order valence-electron chi connectivity index (χ0n) is 47.8. The van der Waals surface area contributed by atoms with E-state index in [1.165, 1.54) is 53.6 Å². The number of thiophene rings is 2. The molecule has 6 aromatic heterocycles. The minimum atomic E-state index is -3.13. The molecule has 20 nitrogen and oxygen atoms in total. The maximum atomic E-state index is 11.9. The highest BCUT2D eigenvalue weighted by Gasteiger charge is 2.52. The van der Waals surface area contributed by atoms with Crippen molar-refractivity contribution in [1.82, 2.24) is 48.8 Å². The van der Waals surface area contributed by atoms with Crippen molar-refractivity contribution in [1.29, 1.82) is 0 Å². The number of aryl methyl sites for hydroxylation is 2. The van der Waals surface area contributed by atoms with Gasteiger partial charge in [-0.2, -0.15) is 18.8 Å². The Morgan fingerprint density at radius 2 is 1.05 bits per heavy atom. The van der Waals surface area contributed by atoms with E-state index in [1.54, 1.807) is 8.61 Å². The molecule has 5 aliphatic heterocycles. The van der Waals surface area contributed by atoms with E-state index in [-0.39, 0.29) is 25.7 Å². The van der Waals surface area contributed by atoms with Gasteiger partial charge in [-0.1, -0.05) is 31.7 Å². The van der Waals surface area contributed by atoms with Gasteiger partial charge in [-0.3, -0.25) is 20.0 Å². The smallest absolute Gasteiger partial charge is 0.399 e. The van der Waals surface area contributed by atoms with Crippen molar-refractivity contribution in [2.45, 2.75) is 73.3 Å². The minimum absolute atomic E-state index is 0. The number of anilines is 2. The molecular formula is C57H76BBrN12O8S4. The molecule has 5 saturated heterocycles. The van der Waals surface area contributed by atoms with Crippen molar-refractivity contribution < 1.29 is 35.6 Å². The summed E-state index contributed by atoms with van der Waals surface area (Å²) in [6.45, 7) is 25.7. The summed E-state index contributed by atoms with van der Waals surface area (Å²) in [4.78, 5) is 22.0. The highest BCUT2D eigenvalue weighted by atomic mass is 79.9. The van der Waals surface area contributed by atoms with Crippen LogP contribution in [-0.4, -0.2) is 201 Å². The van der Waals surface area contributed by atoms with Crippen LogP contribution in [0.4, 0.5) is 11.6 Å². The number of piperazine rings is 2. The van der Waals surface area contributed by atoms with Crippen molar-refractivity contribution in [3.8, 4) is 11.3 Å². The van der Waals surface area contributed by atoms with E-state index in [0.29, 0.717) is 39.4 Å². The third kappa shape index (κ3) is 13.2. The number of aromatic amines is 2. The SMILES string of the molecule is C.CC1(C)OB(c2cccc3[nH]ncc23)OC1(C)C.Cc1c(CN2CCN(S(C)(=O)=O)CC2)sc2c(N3CCOCC3)nc(-c3cccc4[nH]ncc34)cc12.Cc1c(CN2CCN(S(C)(=O)=O)CC2)sc2c(N3CCOCC3)nc(Br)cc12. The van der Waals surface area contributed by atoms with Gasteiger partial charge < -0.3 is 28.6 Å². The first-order valence-corrected chi connectivity index (χ1v) is 34.0. The van der Waals surface area contributed by atoms with Crippen LogP contribution < -0.4 is 15.3 Å². The van der Waals surface area contributed by atoms with Crippen LogP contribution in [0.3, 0.4) is 0 Å². The molecule has 5 aliphatic rings. The largest absolute Gasteiger partial charge is 0.495 e. The maximum absolute atomic E-state index is 11.9. The highest BCUT2D eigenvalue weighted by molar-refractivity contribution is 9.10. The van der Waals surface area contributed by atoms with Gasteiger partial charge in [0.05, 0.1) is 88.7 Å². The van der Waals surface area contributed by atoms with Crippen molar-refractivity contribution in [2.75, 3.05) is 127 Å². The van der Waals surface area contributed by atoms with Crippen molar-refractivity contribution in [2.24, 2.45) is 0 Å². The third-order valence-electron chi connectivity index (χ3n) is 16.7.